The summed E-state index contributed by atoms with van der Waals surface area (Å²) in [6.07, 6.45) is 7.60. The lowest BCUT2D eigenvalue weighted by atomic mass is 9.90. The van der Waals surface area contributed by atoms with Gasteiger partial charge in [0, 0.05) is 22.9 Å². The van der Waals surface area contributed by atoms with E-state index in [1.165, 1.54) is 11.3 Å². The molecule has 0 saturated carbocycles. The zero-order valence-corrected chi connectivity index (χ0v) is 21.5. The van der Waals surface area contributed by atoms with E-state index in [4.69, 9.17) is 9.72 Å². The number of methoxy groups -OCH3 is 1. The van der Waals surface area contributed by atoms with Gasteiger partial charge in [0.25, 0.3) is 5.91 Å². The fourth-order valence-electron chi connectivity index (χ4n) is 4.97. The summed E-state index contributed by atoms with van der Waals surface area (Å²) < 4.78 is 5.24. The minimum atomic E-state index is -0.113. The number of anilines is 1. The first-order chi connectivity index (χ1) is 17.4. The normalized spacial score (nSPS) is 18.5. The van der Waals surface area contributed by atoms with E-state index in [1.807, 2.05) is 67.3 Å². The largest absolute Gasteiger partial charge is 0.497 e. The van der Waals surface area contributed by atoms with Crippen molar-refractivity contribution in [2.75, 3.05) is 19.0 Å². The van der Waals surface area contributed by atoms with Gasteiger partial charge in [0.1, 0.15) is 5.75 Å². The molecule has 1 aliphatic carbocycles. The average Bonchev–Trinajstić information content (AvgIpc) is 3.46. The van der Waals surface area contributed by atoms with Gasteiger partial charge >= 0.3 is 0 Å². The number of thiazole rings is 1. The van der Waals surface area contributed by atoms with E-state index >= 15 is 0 Å². The third kappa shape index (κ3) is 4.84. The molecule has 1 fully saturated rings. The molecule has 1 aromatic heterocycles. The predicted molar refractivity (Wildman–Crippen MR) is 143 cm³/mol. The molecule has 0 bridgehead atoms. The zero-order valence-electron chi connectivity index (χ0n) is 20.7. The van der Waals surface area contributed by atoms with Crippen LogP contribution in [0.15, 0.2) is 66.8 Å². The van der Waals surface area contributed by atoms with Crippen molar-refractivity contribution in [3.05, 3.63) is 94.0 Å². The maximum absolute atomic E-state index is 13.2. The Morgan fingerprint density at radius 1 is 1.17 bits per heavy atom. The average molecular weight is 500 g/mol. The maximum Gasteiger partial charge on any atom is 0.254 e. The number of ether oxygens (including phenoxy) is 1. The van der Waals surface area contributed by atoms with Crippen molar-refractivity contribution in [3.63, 3.8) is 0 Å². The highest BCUT2D eigenvalue weighted by Crippen LogP contribution is 2.37. The SMILES string of the molecule is COc1cccc(CC(=O)Nc2nc(C3=CC4CCN(C(=O)c5ccccc5C)C4C=C3)c(C)s2)c1. The van der Waals surface area contributed by atoms with Crippen molar-refractivity contribution in [3.8, 4) is 5.75 Å². The summed E-state index contributed by atoms with van der Waals surface area (Å²) in [5.74, 6) is 0.962. The van der Waals surface area contributed by atoms with Crippen LogP contribution in [0.1, 0.15) is 38.5 Å². The Labute approximate surface area is 215 Å². The molecule has 1 aliphatic heterocycles. The number of hydrogen-bond donors (Lipinski definition) is 1. The first kappa shape index (κ1) is 24.0. The van der Waals surface area contributed by atoms with Crippen LogP contribution >= 0.6 is 11.3 Å². The van der Waals surface area contributed by atoms with Crippen LogP contribution < -0.4 is 10.1 Å². The predicted octanol–water partition coefficient (Wildman–Crippen LogP) is 5.43. The van der Waals surface area contributed by atoms with Crippen LogP contribution in [-0.2, 0) is 11.2 Å². The second kappa shape index (κ2) is 10.1. The molecule has 2 amide bonds. The third-order valence-corrected chi connectivity index (χ3v) is 7.71. The number of fused-ring (bicyclic) bond motifs is 1. The Bertz CT molecular complexity index is 1370. The van der Waals surface area contributed by atoms with Crippen molar-refractivity contribution in [2.45, 2.75) is 32.7 Å². The fraction of sp³-hybridized carbons (Fsp3) is 0.276. The van der Waals surface area contributed by atoms with Gasteiger partial charge in [-0.2, -0.15) is 0 Å². The Hall–Kier alpha value is -3.71. The zero-order chi connectivity index (χ0) is 25.2. The number of amides is 2. The number of hydrogen-bond acceptors (Lipinski definition) is 5. The highest BCUT2D eigenvalue weighted by Gasteiger charge is 2.37. The quantitative estimate of drug-likeness (QED) is 0.491. The fourth-order valence-corrected chi connectivity index (χ4v) is 5.82. The number of aryl methyl sites for hydroxylation is 2. The van der Waals surface area contributed by atoms with Crippen molar-refractivity contribution in [2.24, 2.45) is 5.92 Å². The van der Waals surface area contributed by atoms with Crippen LogP contribution in [0.25, 0.3) is 5.57 Å². The lowest BCUT2D eigenvalue weighted by Crippen LogP contribution is -2.37. The lowest BCUT2D eigenvalue weighted by molar-refractivity contribution is -0.115. The minimum Gasteiger partial charge on any atom is -0.497 e. The van der Waals surface area contributed by atoms with Crippen LogP contribution in [0, 0.1) is 19.8 Å². The highest BCUT2D eigenvalue weighted by molar-refractivity contribution is 7.15. The van der Waals surface area contributed by atoms with Crippen molar-refractivity contribution >= 4 is 33.9 Å². The van der Waals surface area contributed by atoms with Gasteiger partial charge in [-0.1, -0.05) is 48.6 Å². The Morgan fingerprint density at radius 2 is 2.00 bits per heavy atom. The van der Waals surface area contributed by atoms with Gasteiger partial charge in [-0.25, -0.2) is 4.98 Å². The van der Waals surface area contributed by atoms with Crippen LogP contribution in [0.3, 0.4) is 0 Å². The molecule has 7 heteroatoms. The molecule has 0 spiro atoms. The number of carbonyl (C=O) groups is 2. The molecule has 1 saturated heterocycles. The monoisotopic (exact) mass is 499 g/mol. The second-order valence-electron chi connectivity index (χ2n) is 9.24. The Morgan fingerprint density at radius 3 is 2.81 bits per heavy atom. The molecule has 36 heavy (non-hydrogen) atoms. The van der Waals surface area contributed by atoms with E-state index in [1.54, 1.807) is 7.11 Å². The van der Waals surface area contributed by atoms with E-state index in [-0.39, 0.29) is 30.2 Å². The van der Waals surface area contributed by atoms with Crippen LogP contribution in [0.4, 0.5) is 5.13 Å². The van der Waals surface area contributed by atoms with Gasteiger partial charge in [0.05, 0.1) is 25.3 Å². The number of likely N-dealkylation sites (tertiary alicyclic amines) is 1. The standard InChI is InChI=1S/C29H29N3O3S/c1-18-7-4-5-10-24(18)28(34)32-14-13-21-17-22(11-12-25(21)32)27-19(2)36-29(31-27)30-26(33)16-20-8-6-9-23(15-20)35-3/h4-12,15,17,21,25H,13-14,16H2,1-3H3,(H,30,31,33). The smallest absolute Gasteiger partial charge is 0.254 e. The summed E-state index contributed by atoms with van der Waals surface area (Å²) >= 11 is 1.48. The van der Waals surface area contributed by atoms with Crippen LogP contribution in [-0.4, -0.2) is 41.4 Å². The minimum absolute atomic E-state index is 0.0573. The first-order valence-electron chi connectivity index (χ1n) is 12.1. The van der Waals surface area contributed by atoms with Crippen molar-refractivity contribution in [1.82, 2.24) is 9.88 Å². The van der Waals surface area contributed by atoms with E-state index in [9.17, 15) is 9.59 Å². The van der Waals surface area contributed by atoms with E-state index < -0.39 is 0 Å². The van der Waals surface area contributed by atoms with Gasteiger partial charge in [-0.15, -0.1) is 11.3 Å². The summed E-state index contributed by atoms with van der Waals surface area (Å²) in [7, 11) is 1.61. The van der Waals surface area contributed by atoms with Gasteiger partial charge in [-0.05, 0) is 55.2 Å². The van der Waals surface area contributed by atoms with Crippen molar-refractivity contribution < 1.29 is 14.3 Å². The molecule has 2 heterocycles. The molecule has 2 aromatic carbocycles. The van der Waals surface area contributed by atoms with Gasteiger partial charge < -0.3 is 15.0 Å². The molecule has 0 radical (unpaired) electrons. The molecule has 6 nitrogen and oxygen atoms in total. The number of aromatic nitrogens is 1. The first-order valence-corrected chi connectivity index (χ1v) is 12.9. The molecule has 2 unspecified atom stereocenters. The second-order valence-corrected chi connectivity index (χ2v) is 10.4. The van der Waals surface area contributed by atoms with E-state index in [0.29, 0.717) is 5.13 Å². The number of nitrogens with zero attached hydrogens (tertiary/aromatic N) is 2. The molecule has 2 aliphatic rings. The number of allylic oxidation sites excluding steroid dienone is 2. The van der Waals surface area contributed by atoms with Gasteiger partial charge in [0.15, 0.2) is 5.13 Å². The highest BCUT2D eigenvalue weighted by atomic mass is 32.1. The number of carbonyl (C=O) groups excluding carboxylic acids is 2. The molecule has 3 aromatic rings. The Kier molecular flexibility index (Phi) is 6.74. The number of nitrogens with one attached hydrogen (secondary N) is 1. The molecule has 2 atom stereocenters. The van der Waals surface area contributed by atoms with E-state index in [0.717, 1.165) is 51.5 Å². The summed E-state index contributed by atoms with van der Waals surface area (Å²) in [6.45, 7) is 4.74. The molecular formula is C29H29N3O3S. The molecule has 5 rings (SSSR count). The summed E-state index contributed by atoms with van der Waals surface area (Å²) in [6, 6.07) is 15.3. The number of benzene rings is 2. The Balaban J connectivity index is 1.27. The van der Waals surface area contributed by atoms with Crippen LogP contribution in [0.2, 0.25) is 0 Å². The van der Waals surface area contributed by atoms with Crippen molar-refractivity contribution in [1.29, 1.82) is 0 Å². The summed E-state index contributed by atoms with van der Waals surface area (Å²) in [4.78, 5) is 33.6. The van der Waals surface area contributed by atoms with Crippen LogP contribution in [0.5, 0.6) is 5.75 Å². The topological polar surface area (TPSA) is 71.5 Å². The lowest BCUT2D eigenvalue weighted by Gasteiger charge is -2.27. The summed E-state index contributed by atoms with van der Waals surface area (Å²) in [5, 5.41) is 3.54. The van der Waals surface area contributed by atoms with Gasteiger partial charge in [0.2, 0.25) is 5.91 Å². The molecule has 1 N–H and O–H groups in total. The number of rotatable bonds is 6. The maximum atomic E-state index is 13.2. The van der Waals surface area contributed by atoms with Gasteiger partial charge in [-0.3, -0.25) is 9.59 Å². The third-order valence-electron chi connectivity index (χ3n) is 6.82. The molecular weight excluding hydrogens is 470 g/mol. The van der Waals surface area contributed by atoms with E-state index in [2.05, 4.69) is 23.5 Å². The molecule has 184 valence electrons. The summed E-state index contributed by atoms with van der Waals surface area (Å²) in [5.41, 5.74) is 4.58.